The number of amides is 1. The minimum Gasteiger partial charge on any atom is -0.593 e. The van der Waals surface area contributed by atoms with E-state index < -0.39 is 17.3 Å². The van der Waals surface area contributed by atoms with E-state index in [9.17, 15) is 14.1 Å². The van der Waals surface area contributed by atoms with Crippen molar-refractivity contribution < 1.29 is 23.6 Å². The lowest BCUT2D eigenvalue weighted by molar-refractivity contribution is -0.139. The normalized spacial score (nSPS) is 11.5. The van der Waals surface area contributed by atoms with Crippen LogP contribution in [0.4, 0.5) is 0 Å². The van der Waals surface area contributed by atoms with E-state index in [1.807, 2.05) is 0 Å². The number of carbonyl (C=O) groups excluding carboxylic acids is 2. The van der Waals surface area contributed by atoms with Crippen LogP contribution in [0.2, 0.25) is 0 Å². The lowest BCUT2D eigenvalue weighted by Crippen LogP contribution is -2.30. The third kappa shape index (κ3) is 5.49. The zero-order valence-electron chi connectivity index (χ0n) is 13.8. The Morgan fingerprint density at radius 1 is 1.04 bits per heavy atom. The summed E-state index contributed by atoms with van der Waals surface area (Å²) in [5.41, 5.74) is 0.399. The predicted octanol–water partition coefficient (Wildman–Crippen LogP) is 1.62. The zero-order chi connectivity index (χ0) is 18.2. The van der Waals surface area contributed by atoms with Crippen molar-refractivity contribution in [1.82, 2.24) is 10.0 Å². The molecule has 0 bridgehead atoms. The van der Waals surface area contributed by atoms with Gasteiger partial charge in [-0.2, -0.15) is 0 Å². The fourth-order valence-electron chi connectivity index (χ4n) is 1.89. The van der Waals surface area contributed by atoms with Crippen LogP contribution in [0.15, 0.2) is 53.4 Å². The number of hydrogen-bond donors (Lipinski definition) is 2. The van der Waals surface area contributed by atoms with E-state index in [0.717, 1.165) is 0 Å². The topological polar surface area (TPSA) is 99.7 Å². The Balaban J connectivity index is 1.95. The highest BCUT2D eigenvalue weighted by Crippen LogP contribution is 2.23. The Morgan fingerprint density at radius 3 is 2.12 bits per heavy atom. The summed E-state index contributed by atoms with van der Waals surface area (Å²) in [5, 5.41) is 2.45. The average molecular weight is 362 g/mol. The van der Waals surface area contributed by atoms with Crippen molar-refractivity contribution in [2.24, 2.45) is 0 Å². The van der Waals surface area contributed by atoms with Gasteiger partial charge in [-0.05, 0) is 48.5 Å². The molecule has 2 aromatic rings. The molecule has 2 aromatic carbocycles. The van der Waals surface area contributed by atoms with Crippen molar-refractivity contribution >= 4 is 23.2 Å². The lowest BCUT2D eigenvalue weighted by Gasteiger charge is -2.09. The van der Waals surface area contributed by atoms with E-state index in [-0.39, 0.29) is 12.5 Å². The first-order chi connectivity index (χ1) is 12.0. The molecular formula is C17H18N2O5S. The molecule has 1 atom stereocenters. The van der Waals surface area contributed by atoms with Crippen LogP contribution in [0.5, 0.6) is 11.5 Å². The quantitative estimate of drug-likeness (QED) is 0.574. The molecule has 1 unspecified atom stereocenters. The molecule has 0 spiro atoms. The average Bonchev–Trinajstić information content (AvgIpc) is 2.66. The molecule has 0 aliphatic heterocycles. The second-order valence-electron chi connectivity index (χ2n) is 4.83. The van der Waals surface area contributed by atoms with Gasteiger partial charge in [0.25, 0.3) is 5.91 Å². The number of esters is 1. The number of benzene rings is 2. The number of carbonyl (C=O) groups is 2. The number of hydrogen-bond acceptors (Lipinski definition) is 6. The molecular weight excluding hydrogens is 344 g/mol. The fourth-order valence-corrected chi connectivity index (χ4v) is 2.51. The summed E-state index contributed by atoms with van der Waals surface area (Å²) in [6.45, 7) is -0.187. The Kier molecular flexibility index (Phi) is 6.81. The van der Waals surface area contributed by atoms with Crippen LogP contribution in [0.25, 0.3) is 0 Å². The van der Waals surface area contributed by atoms with Crippen molar-refractivity contribution in [3.05, 3.63) is 54.1 Å². The van der Waals surface area contributed by atoms with Gasteiger partial charge in [-0.3, -0.25) is 9.59 Å². The standard InChI is InChI=1S/C17H18N2O5S/c1-18-25(22)15-9-7-14(8-10-15)24-13-5-3-12(4-6-13)17(21)19-11-16(20)23-2/h3-10,18H,11H2,1-2H3,(H,19,21). The molecule has 0 radical (unpaired) electrons. The van der Waals surface area contributed by atoms with Gasteiger partial charge >= 0.3 is 5.97 Å². The van der Waals surface area contributed by atoms with Crippen molar-refractivity contribution in [2.45, 2.75) is 4.90 Å². The third-order valence-corrected chi connectivity index (χ3v) is 4.27. The Hall–Kier alpha value is -2.55. The number of methoxy groups -OCH3 is 1. The van der Waals surface area contributed by atoms with E-state index in [1.54, 1.807) is 55.6 Å². The van der Waals surface area contributed by atoms with Gasteiger partial charge in [0, 0.05) is 12.6 Å². The number of nitrogens with one attached hydrogen (secondary N) is 2. The van der Waals surface area contributed by atoms with Gasteiger partial charge < -0.3 is 19.3 Å². The molecule has 0 fully saturated rings. The highest BCUT2D eigenvalue weighted by atomic mass is 32.2. The van der Waals surface area contributed by atoms with E-state index >= 15 is 0 Å². The predicted molar refractivity (Wildman–Crippen MR) is 92.8 cm³/mol. The van der Waals surface area contributed by atoms with E-state index in [1.165, 1.54) is 7.11 Å². The molecule has 0 aliphatic rings. The van der Waals surface area contributed by atoms with Gasteiger partial charge in [-0.1, -0.05) is 0 Å². The first kappa shape index (κ1) is 18.8. The summed E-state index contributed by atoms with van der Waals surface area (Å²) < 4.78 is 24.4. The zero-order valence-corrected chi connectivity index (χ0v) is 14.6. The van der Waals surface area contributed by atoms with Crippen LogP contribution in [0.1, 0.15) is 10.4 Å². The maximum atomic E-state index is 11.9. The van der Waals surface area contributed by atoms with E-state index in [4.69, 9.17) is 4.74 Å². The smallest absolute Gasteiger partial charge is 0.325 e. The summed E-state index contributed by atoms with van der Waals surface area (Å²) in [4.78, 5) is 23.5. The van der Waals surface area contributed by atoms with Crippen molar-refractivity contribution in [3.8, 4) is 11.5 Å². The molecule has 0 aliphatic carbocycles. The SMILES string of the molecule is CN[S+]([O-])c1ccc(Oc2ccc(C(=O)NCC(=O)OC)cc2)cc1. The second kappa shape index (κ2) is 9.07. The minimum atomic E-state index is -1.24. The molecule has 132 valence electrons. The summed E-state index contributed by atoms with van der Waals surface area (Å²) >= 11 is -1.24. The van der Waals surface area contributed by atoms with Gasteiger partial charge in [-0.15, -0.1) is 4.72 Å². The number of ether oxygens (including phenoxy) is 2. The van der Waals surface area contributed by atoms with Crippen molar-refractivity contribution in [2.75, 3.05) is 20.7 Å². The van der Waals surface area contributed by atoms with Crippen LogP contribution in [0.3, 0.4) is 0 Å². The molecule has 25 heavy (non-hydrogen) atoms. The van der Waals surface area contributed by atoms with E-state index in [0.29, 0.717) is 22.0 Å². The molecule has 0 saturated heterocycles. The Morgan fingerprint density at radius 2 is 1.60 bits per heavy atom. The van der Waals surface area contributed by atoms with Crippen LogP contribution in [-0.2, 0) is 20.9 Å². The molecule has 0 aromatic heterocycles. The molecule has 1 amide bonds. The van der Waals surface area contributed by atoms with Crippen molar-refractivity contribution in [1.29, 1.82) is 0 Å². The lowest BCUT2D eigenvalue weighted by atomic mass is 10.2. The summed E-state index contributed by atoms with van der Waals surface area (Å²) in [6.07, 6.45) is 0. The molecule has 2 rings (SSSR count). The Labute approximate surface area is 148 Å². The highest BCUT2D eigenvalue weighted by molar-refractivity contribution is 7.89. The monoisotopic (exact) mass is 362 g/mol. The van der Waals surface area contributed by atoms with Gasteiger partial charge in [-0.25, -0.2) is 0 Å². The first-order valence-corrected chi connectivity index (χ1v) is 8.50. The third-order valence-electron chi connectivity index (χ3n) is 3.20. The van der Waals surface area contributed by atoms with Gasteiger partial charge in [0.1, 0.15) is 18.0 Å². The largest absolute Gasteiger partial charge is 0.593 e. The molecule has 0 saturated carbocycles. The fraction of sp³-hybridized carbons (Fsp3) is 0.176. The van der Waals surface area contributed by atoms with Crippen LogP contribution < -0.4 is 14.8 Å². The van der Waals surface area contributed by atoms with Gasteiger partial charge in [0.15, 0.2) is 4.90 Å². The summed E-state index contributed by atoms with van der Waals surface area (Å²) in [6, 6.07) is 13.3. The van der Waals surface area contributed by atoms with E-state index in [2.05, 4.69) is 14.8 Å². The molecule has 0 heterocycles. The van der Waals surface area contributed by atoms with Gasteiger partial charge in [0.2, 0.25) is 0 Å². The molecule has 7 nitrogen and oxygen atoms in total. The van der Waals surface area contributed by atoms with Crippen molar-refractivity contribution in [3.63, 3.8) is 0 Å². The second-order valence-corrected chi connectivity index (χ2v) is 6.25. The maximum Gasteiger partial charge on any atom is 0.325 e. The maximum absolute atomic E-state index is 11.9. The Bertz CT molecular complexity index is 719. The van der Waals surface area contributed by atoms with Gasteiger partial charge in [0.05, 0.1) is 18.5 Å². The van der Waals surface area contributed by atoms with Crippen LogP contribution in [-0.4, -0.2) is 37.1 Å². The first-order valence-electron chi connectivity index (χ1n) is 7.35. The molecule has 8 heteroatoms. The van der Waals surface area contributed by atoms with Crippen LogP contribution >= 0.6 is 0 Å². The number of rotatable bonds is 7. The highest BCUT2D eigenvalue weighted by Gasteiger charge is 2.10. The summed E-state index contributed by atoms with van der Waals surface area (Å²) in [5.74, 6) is 0.235. The summed E-state index contributed by atoms with van der Waals surface area (Å²) in [7, 11) is 2.87. The molecule has 2 N–H and O–H groups in total. The van der Waals surface area contributed by atoms with Crippen LogP contribution in [0, 0.1) is 0 Å². The minimum absolute atomic E-state index is 0.187.